The number of ether oxygens (including phenoxy) is 1. The van der Waals surface area contributed by atoms with Gasteiger partial charge in [0.1, 0.15) is 11.4 Å². The van der Waals surface area contributed by atoms with E-state index in [2.05, 4.69) is 4.98 Å². The number of imidazole rings is 1. The first-order valence-electron chi connectivity index (χ1n) is 6.43. The highest BCUT2D eigenvalue weighted by Gasteiger charge is 2.14. The quantitative estimate of drug-likeness (QED) is 0.747. The molecule has 0 aliphatic heterocycles. The van der Waals surface area contributed by atoms with Crippen LogP contribution in [0.5, 0.6) is 5.75 Å². The van der Waals surface area contributed by atoms with Crippen molar-refractivity contribution in [2.24, 2.45) is 0 Å². The number of aromatic nitrogens is 2. The monoisotopic (exact) mass is 301 g/mol. The zero-order valence-electron chi connectivity index (χ0n) is 12.0. The molecular weight excluding hydrogens is 286 g/mol. The number of methoxy groups -OCH3 is 1. The second kappa shape index (κ2) is 5.21. The predicted octanol–water partition coefficient (Wildman–Crippen LogP) is 2.77. The van der Waals surface area contributed by atoms with Crippen LogP contribution < -0.4 is 4.74 Å². The molecule has 0 aliphatic carbocycles. The summed E-state index contributed by atoms with van der Waals surface area (Å²) in [4.78, 5) is 19.7. The van der Waals surface area contributed by atoms with E-state index in [-0.39, 0.29) is 5.91 Å². The van der Waals surface area contributed by atoms with Gasteiger partial charge in [-0.3, -0.25) is 9.20 Å². The maximum Gasteiger partial charge on any atom is 0.273 e. The van der Waals surface area contributed by atoms with Gasteiger partial charge >= 0.3 is 0 Å². The Kier molecular flexibility index (Phi) is 3.39. The van der Waals surface area contributed by atoms with Gasteiger partial charge in [0, 0.05) is 26.5 Å². The Morgan fingerprint density at radius 2 is 1.95 bits per heavy atom. The van der Waals surface area contributed by atoms with E-state index in [0.717, 1.165) is 21.2 Å². The number of benzene rings is 1. The van der Waals surface area contributed by atoms with Crippen molar-refractivity contribution in [3.63, 3.8) is 0 Å². The van der Waals surface area contributed by atoms with Crippen LogP contribution in [0.2, 0.25) is 0 Å². The Morgan fingerprint density at radius 3 is 2.52 bits per heavy atom. The predicted molar refractivity (Wildman–Crippen MR) is 83.1 cm³/mol. The molecule has 3 aromatic rings. The Balaban J connectivity index is 1.94. The molecule has 1 amide bonds. The molecule has 0 bridgehead atoms. The molecule has 0 aliphatic rings. The second-order valence-electron chi connectivity index (χ2n) is 4.84. The fourth-order valence-corrected chi connectivity index (χ4v) is 2.99. The number of fused-ring (bicyclic) bond motifs is 1. The van der Waals surface area contributed by atoms with Gasteiger partial charge in [0.2, 0.25) is 0 Å². The summed E-state index contributed by atoms with van der Waals surface area (Å²) in [5, 5.41) is 0. The molecule has 3 rings (SSSR count). The summed E-state index contributed by atoms with van der Waals surface area (Å²) in [5.74, 6) is 0.746. The number of rotatable bonds is 3. The van der Waals surface area contributed by atoms with Crippen LogP contribution in [0.1, 0.15) is 10.5 Å². The van der Waals surface area contributed by atoms with E-state index in [1.54, 1.807) is 38.7 Å². The molecule has 0 N–H and O–H groups in total. The van der Waals surface area contributed by atoms with Gasteiger partial charge in [0.25, 0.3) is 5.91 Å². The third kappa shape index (κ3) is 2.50. The summed E-state index contributed by atoms with van der Waals surface area (Å²) >= 11 is 1.55. The van der Waals surface area contributed by atoms with Crippen molar-refractivity contribution in [2.45, 2.75) is 0 Å². The standard InChI is InChI=1S/C15H15N3O2S/c1-17(2)14(19)12-8-18-9-13(21-15(18)16-12)10-4-6-11(20-3)7-5-10/h4-9H,1-3H3. The number of amides is 1. The maximum absolute atomic E-state index is 11.9. The van der Waals surface area contributed by atoms with Gasteiger partial charge in [-0.05, 0) is 29.8 Å². The summed E-state index contributed by atoms with van der Waals surface area (Å²) in [6, 6.07) is 7.88. The van der Waals surface area contributed by atoms with E-state index in [1.165, 1.54) is 4.90 Å². The van der Waals surface area contributed by atoms with Gasteiger partial charge in [0.15, 0.2) is 4.96 Å². The molecule has 0 fully saturated rings. The molecule has 0 spiro atoms. The lowest BCUT2D eigenvalue weighted by molar-refractivity contribution is 0.0822. The zero-order chi connectivity index (χ0) is 15.0. The van der Waals surface area contributed by atoms with Crippen LogP contribution >= 0.6 is 11.3 Å². The number of carbonyl (C=O) groups excluding carboxylic acids is 1. The fourth-order valence-electron chi connectivity index (χ4n) is 2.02. The largest absolute Gasteiger partial charge is 0.497 e. The molecule has 5 nitrogen and oxygen atoms in total. The molecule has 2 heterocycles. The molecule has 0 atom stereocenters. The lowest BCUT2D eigenvalue weighted by Gasteiger charge is -2.06. The molecule has 6 heteroatoms. The summed E-state index contributed by atoms with van der Waals surface area (Å²) in [7, 11) is 5.09. The molecule has 0 saturated carbocycles. The van der Waals surface area contributed by atoms with Crippen LogP contribution in [0, 0.1) is 0 Å². The second-order valence-corrected chi connectivity index (χ2v) is 5.85. The highest BCUT2D eigenvalue weighted by atomic mass is 32.1. The SMILES string of the molecule is COc1ccc(-c2cn3cc(C(=O)N(C)C)nc3s2)cc1. The van der Waals surface area contributed by atoms with E-state index < -0.39 is 0 Å². The highest BCUT2D eigenvalue weighted by molar-refractivity contribution is 7.20. The fraction of sp³-hybridized carbons (Fsp3) is 0.200. The van der Waals surface area contributed by atoms with Crippen molar-refractivity contribution in [3.8, 4) is 16.2 Å². The average Bonchev–Trinajstić information content (AvgIpc) is 3.05. The third-order valence-electron chi connectivity index (χ3n) is 3.16. The normalized spacial score (nSPS) is 10.8. The van der Waals surface area contributed by atoms with Gasteiger partial charge < -0.3 is 9.64 Å². The molecular formula is C15H15N3O2S. The van der Waals surface area contributed by atoms with Crippen molar-refractivity contribution in [1.29, 1.82) is 0 Å². The minimum atomic E-state index is -0.0862. The van der Waals surface area contributed by atoms with Crippen molar-refractivity contribution in [2.75, 3.05) is 21.2 Å². The summed E-state index contributed by atoms with van der Waals surface area (Å²) < 4.78 is 7.05. The van der Waals surface area contributed by atoms with Crippen LogP contribution in [-0.2, 0) is 0 Å². The van der Waals surface area contributed by atoms with Gasteiger partial charge in [0.05, 0.1) is 12.0 Å². The first kappa shape index (κ1) is 13.6. The van der Waals surface area contributed by atoms with E-state index >= 15 is 0 Å². The summed E-state index contributed by atoms with van der Waals surface area (Å²) in [6.07, 6.45) is 3.75. The zero-order valence-corrected chi connectivity index (χ0v) is 12.8. The van der Waals surface area contributed by atoms with Crippen LogP contribution in [0.25, 0.3) is 15.4 Å². The Bertz CT molecular complexity index is 755. The number of thiazole rings is 1. The van der Waals surface area contributed by atoms with Crippen LogP contribution in [-0.4, -0.2) is 41.4 Å². The third-order valence-corrected chi connectivity index (χ3v) is 4.20. The minimum Gasteiger partial charge on any atom is -0.497 e. The molecule has 108 valence electrons. The number of nitrogens with zero attached hydrogens (tertiary/aromatic N) is 3. The molecule has 0 saturated heterocycles. The van der Waals surface area contributed by atoms with Crippen LogP contribution in [0.15, 0.2) is 36.7 Å². The number of carbonyl (C=O) groups is 1. The number of hydrogen-bond acceptors (Lipinski definition) is 4. The van der Waals surface area contributed by atoms with Crippen LogP contribution in [0.4, 0.5) is 0 Å². The molecule has 21 heavy (non-hydrogen) atoms. The Labute approximate surface area is 126 Å². The van der Waals surface area contributed by atoms with Crippen LogP contribution in [0.3, 0.4) is 0 Å². The molecule has 2 aromatic heterocycles. The average molecular weight is 301 g/mol. The van der Waals surface area contributed by atoms with E-state index in [1.807, 2.05) is 34.9 Å². The van der Waals surface area contributed by atoms with Gasteiger partial charge in [-0.15, -0.1) is 0 Å². The van der Waals surface area contributed by atoms with Crippen molar-refractivity contribution >= 4 is 22.2 Å². The number of hydrogen-bond donors (Lipinski definition) is 0. The lowest BCUT2D eigenvalue weighted by atomic mass is 10.2. The van der Waals surface area contributed by atoms with E-state index in [0.29, 0.717) is 5.69 Å². The van der Waals surface area contributed by atoms with Gasteiger partial charge in [-0.25, -0.2) is 4.98 Å². The first-order valence-corrected chi connectivity index (χ1v) is 7.25. The topological polar surface area (TPSA) is 46.8 Å². The molecule has 0 radical (unpaired) electrons. The first-order chi connectivity index (χ1) is 10.1. The maximum atomic E-state index is 11.9. The van der Waals surface area contributed by atoms with Gasteiger partial charge in [-0.2, -0.15) is 0 Å². The Morgan fingerprint density at radius 1 is 1.24 bits per heavy atom. The molecule has 1 aromatic carbocycles. The molecule has 0 unspecified atom stereocenters. The van der Waals surface area contributed by atoms with Crippen molar-refractivity contribution in [1.82, 2.24) is 14.3 Å². The smallest absolute Gasteiger partial charge is 0.273 e. The lowest BCUT2D eigenvalue weighted by Crippen LogP contribution is -2.21. The van der Waals surface area contributed by atoms with Crippen molar-refractivity contribution < 1.29 is 9.53 Å². The summed E-state index contributed by atoms with van der Waals surface area (Å²) in [5.41, 5.74) is 1.57. The Hall–Kier alpha value is -2.34. The van der Waals surface area contributed by atoms with E-state index in [4.69, 9.17) is 4.74 Å². The summed E-state index contributed by atoms with van der Waals surface area (Å²) in [6.45, 7) is 0. The van der Waals surface area contributed by atoms with E-state index in [9.17, 15) is 4.79 Å². The van der Waals surface area contributed by atoms with Gasteiger partial charge in [-0.1, -0.05) is 11.3 Å². The minimum absolute atomic E-state index is 0.0862. The highest BCUT2D eigenvalue weighted by Crippen LogP contribution is 2.29. The van der Waals surface area contributed by atoms with Crippen molar-refractivity contribution in [3.05, 3.63) is 42.4 Å².